The SMILES string of the molecule is C=C(C)/C=C\C(=N)c1ccc(N(c2ccccc2)c2ccccc2)cc1. The lowest BCUT2D eigenvalue weighted by Crippen LogP contribution is -2.09. The Kier molecular flexibility index (Phi) is 5.45. The van der Waals surface area contributed by atoms with Gasteiger partial charge in [0.25, 0.3) is 0 Å². The van der Waals surface area contributed by atoms with Crippen molar-refractivity contribution in [3.63, 3.8) is 0 Å². The quantitative estimate of drug-likeness (QED) is 0.395. The van der Waals surface area contributed by atoms with Crippen LogP contribution in [0.5, 0.6) is 0 Å². The van der Waals surface area contributed by atoms with Gasteiger partial charge in [-0.15, -0.1) is 0 Å². The van der Waals surface area contributed by atoms with Crippen molar-refractivity contribution in [3.8, 4) is 0 Å². The van der Waals surface area contributed by atoms with Crippen molar-refractivity contribution >= 4 is 22.8 Å². The summed E-state index contributed by atoms with van der Waals surface area (Å²) in [6, 6.07) is 28.7. The average Bonchev–Trinajstić information content (AvgIpc) is 2.68. The number of hydrogen-bond donors (Lipinski definition) is 1. The van der Waals surface area contributed by atoms with Crippen LogP contribution >= 0.6 is 0 Å². The van der Waals surface area contributed by atoms with Gasteiger partial charge in [-0.3, -0.25) is 0 Å². The summed E-state index contributed by atoms with van der Waals surface area (Å²) in [6.45, 7) is 5.76. The molecule has 3 aromatic carbocycles. The van der Waals surface area contributed by atoms with Crippen molar-refractivity contribution in [2.24, 2.45) is 0 Å². The van der Waals surface area contributed by atoms with E-state index in [1.807, 2.05) is 61.5 Å². The molecule has 0 fully saturated rings. The van der Waals surface area contributed by atoms with Gasteiger partial charge in [-0.2, -0.15) is 0 Å². The summed E-state index contributed by atoms with van der Waals surface area (Å²) in [7, 11) is 0. The molecule has 0 atom stereocenters. The van der Waals surface area contributed by atoms with Gasteiger partial charge in [0.05, 0.1) is 5.71 Å². The minimum atomic E-state index is 0.477. The molecule has 0 saturated heterocycles. The Labute approximate surface area is 155 Å². The molecule has 2 nitrogen and oxygen atoms in total. The van der Waals surface area contributed by atoms with Crippen molar-refractivity contribution in [2.45, 2.75) is 6.92 Å². The third-order valence-corrected chi connectivity index (χ3v) is 4.00. The van der Waals surface area contributed by atoms with Crippen LogP contribution in [0.3, 0.4) is 0 Å². The first-order chi connectivity index (χ1) is 12.6. The standard InChI is InChI=1S/C24H22N2/c1-19(2)13-18-24(25)20-14-16-23(17-15-20)26(21-9-5-3-6-10-21)22-11-7-4-8-12-22/h3-18,25H,1H2,2H3/b18-13-,25-24?. The number of nitrogens with one attached hydrogen (secondary N) is 1. The average molecular weight is 338 g/mol. The molecule has 0 saturated carbocycles. The van der Waals surface area contributed by atoms with Gasteiger partial charge in [-0.05, 0) is 55.0 Å². The van der Waals surface area contributed by atoms with Crippen LogP contribution in [-0.2, 0) is 0 Å². The fraction of sp³-hybridized carbons (Fsp3) is 0.0417. The molecule has 0 unspecified atom stereocenters. The molecule has 0 heterocycles. The predicted molar refractivity (Wildman–Crippen MR) is 112 cm³/mol. The maximum Gasteiger partial charge on any atom is 0.0612 e. The Morgan fingerprint density at radius 3 is 1.65 bits per heavy atom. The Balaban J connectivity index is 1.95. The smallest absolute Gasteiger partial charge is 0.0612 e. The van der Waals surface area contributed by atoms with Crippen LogP contribution < -0.4 is 4.90 Å². The van der Waals surface area contributed by atoms with Gasteiger partial charge in [-0.25, -0.2) is 0 Å². The molecule has 128 valence electrons. The molecular weight excluding hydrogens is 316 g/mol. The Morgan fingerprint density at radius 2 is 1.19 bits per heavy atom. The normalized spacial score (nSPS) is 10.7. The number of anilines is 3. The highest BCUT2D eigenvalue weighted by Crippen LogP contribution is 2.34. The summed E-state index contributed by atoms with van der Waals surface area (Å²) in [6.07, 6.45) is 3.64. The van der Waals surface area contributed by atoms with Gasteiger partial charge in [-0.1, -0.05) is 66.8 Å². The first-order valence-electron chi connectivity index (χ1n) is 8.58. The molecule has 0 radical (unpaired) electrons. The molecule has 0 aliphatic rings. The Hall–Kier alpha value is -3.39. The summed E-state index contributed by atoms with van der Waals surface area (Å²) in [5.41, 5.74) is 5.55. The van der Waals surface area contributed by atoms with E-state index in [9.17, 15) is 0 Å². The first-order valence-corrected chi connectivity index (χ1v) is 8.58. The second kappa shape index (κ2) is 8.13. The van der Waals surface area contributed by atoms with Gasteiger partial charge >= 0.3 is 0 Å². The molecule has 0 aliphatic heterocycles. The van der Waals surface area contributed by atoms with Gasteiger partial charge in [0.15, 0.2) is 0 Å². The summed E-state index contributed by atoms with van der Waals surface area (Å²) in [5.74, 6) is 0. The summed E-state index contributed by atoms with van der Waals surface area (Å²) >= 11 is 0. The fourth-order valence-electron chi connectivity index (χ4n) is 2.71. The zero-order chi connectivity index (χ0) is 18.4. The van der Waals surface area contributed by atoms with E-state index in [0.29, 0.717) is 5.71 Å². The van der Waals surface area contributed by atoms with Crippen LogP contribution in [0.15, 0.2) is 109 Å². The number of benzene rings is 3. The van der Waals surface area contributed by atoms with Crippen LogP contribution in [0.2, 0.25) is 0 Å². The fourth-order valence-corrected chi connectivity index (χ4v) is 2.71. The van der Waals surface area contributed by atoms with Gasteiger partial charge in [0.1, 0.15) is 0 Å². The summed E-state index contributed by atoms with van der Waals surface area (Å²) < 4.78 is 0. The van der Waals surface area contributed by atoms with Crippen molar-refractivity contribution < 1.29 is 0 Å². The van der Waals surface area contributed by atoms with E-state index in [0.717, 1.165) is 28.2 Å². The van der Waals surface area contributed by atoms with E-state index >= 15 is 0 Å². The Bertz CT molecular complexity index is 868. The third-order valence-electron chi connectivity index (χ3n) is 4.00. The third kappa shape index (κ3) is 4.17. The highest BCUT2D eigenvalue weighted by Gasteiger charge is 2.11. The second-order valence-corrected chi connectivity index (χ2v) is 6.15. The predicted octanol–water partition coefficient (Wildman–Crippen LogP) is 6.66. The van der Waals surface area contributed by atoms with E-state index in [4.69, 9.17) is 5.41 Å². The minimum absolute atomic E-state index is 0.477. The number of hydrogen-bond acceptors (Lipinski definition) is 2. The number of allylic oxidation sites excluding steroid dienone is 3. The summed E-state index contributed by atoms with van der Waals surface area (Å²) in [4.78, 5) is 2.21. The van der Waals surface area contributed by atoms with Crippen LogP contribution in [0.25, 0.3) is 0 Å². The molecule has 0 aromatic heterocycles. The van der Waals surface area contributed by atoms with Gasteiger partial charge in [0.2, 0.25) is 0 Å². The van der Waals surface area contributed by atoms with Crippen LogP contribution in [0.4, 0.5) is 17.1 Å². The zero-order valence-electron chi connectivity index (χ0n) is 14.9. The maximum atomic E-state index is 8.19. The second-order valence-electron chi connectivity index (χ2n) is 6.15. The number of para-hydroxylation sites is 2. The highest BCUT2D eigenvalue weighted by molar-refractivity contribution is 6.06. The van der Waals surface area contributed by atoms with Gasteiger partial charge in [0, 0.05) is 17.1 Å². The van der Waals surface area contributed by atoms with Crippen molar-refractivity contribution in [3.05, 3.63) is 115 Å². The van der Waals surface area contributed by atoms with Crippen molar-refractivity contribution in [1.29, 1.82) is 5.41 Å². The van der Waals surface area contributed by atoms with E-state index in [1.54, 1.807) is 6.08 Å². The zero-order valence-corrected chi connectivity index (χ0v) is 14.9. The van der Waals surface area contributed by atoms with Crippen LogP contribution in [0, 0.1) is 5.41 Å². The van der Waals surface area contributed by atoms with E-state index < -0.39 is 0 Å². The topological polar surface area (TPSA) is 27.1 Å². The lowest BCUT2D eigenvalue weighted by Gasteiger charge is -2.25. The molecule has 0 aliphatic carbocycles. The van der Waals surface area contributed by atoms with E-state index in [1.165, 1.54) is 0 Å². The lowest BCUT2D eigenvalue weighted by molar-refractivity contribution is 1.28. The molecule has 26 heavy (non-hydrogen) atoms. The molecule has 0 spiro atoms. The number of nitrogens with zero attached hydrogens (tertiary/aromatic N) is 1. The minimum Gasteiger partial charge on any atom is -0.311 e. The molecule has 3 aromatic rings. The van der Waals surface area contributed by atoms with Crippen molar-refractivity contribution in [2.75, 3.05) is 4.90 Å². The van der Waals surface area contributed by atoms with Crippen molar-refractivity contribution in [1.82, 2.24) is 0 Å². The monoisotopic (exact) mass is 338 g/mol. The van der Waals surface area contributed by atoms with E-state index in [2.05, 4.69) is 47.9 Å². The molecule has 2 heteroatoms. The number of rotatable bonds is 6. The van der Waals surface area contributed by atoms with Crippen LogP contribution in [-0.4, -0.2) is 5.71 Å². The largest absolute Gasteiger partial charge is 0.311 e. The summed E-state index contributed by atoms with van der Waals surface area (Å²) in [5, 5.41) is 8.19. The molecule has 0 bridgehead atoms. The van der Waals surface area contributed by atoms with E-state index in [-0.39, 0.29) is 0 Å². The van der Waals surface area contributed by atoms with Crippen LogP contribution in [0.1, 0.15) is 12.5 Å². The molecular formula is C24H22N2. The van der Waals surface area contributed by atoms with Gasteiger partial charge < -0.3 is 10.3 Å². The first kappa shape index (κ1) is 17.4. The lowest BCUT2D eigenvalue weighted by atomic mass is 10.1. The maximum absolute atomic E-state index is 8.19. The highest BCUT2D eigenvalue weighted by atomic mass is 15.1. The Morgan fingerprint density at radius 1 is 0.731 bits per heavy atom. The molecule has 3 rings (SSSR count). The molecule has 0 amide bonds. The molecule has 1 N–H and O–H groups in total.